The number of hydrogen-bond acceptors (Lipinski definition) is 7. The first-order valence-corrected chi connectivity index (χ1v) is 6.39. The highest BCUT2D eigenvalue weighted by Gasteiger charge is 2.44. The Morgan fingerprint density at radius 3 is 2.55 bits per heavy atom. The molecule has 3 unspecified atom stereocenters. The van der Waals surface area contributed by atoms with Gasteiger partial charge in [0, 0.05) is 6.42 Å². The summed E-state index contributed by atoms with van der Waals surface area (Å²) in [6.07, 6.45) is -4.73. The van der Waals surface area contributed by atoms with Crippen LogP contribution in [0.15, 0.2) is 0 Å². The summed E-state index contributed by atoms with van der Waals surface area (Å²) in [5, 5.41) is 39.6. The smallest absolute Gasteiger partial charge is 0.233 e. The average Bonchev–Trinajstić information content (AvgIpc) is 2.38. The zero-order chi connectivity index (χ0) is 15.3. The molecule has 0 aliphatic carbocycles. The summed E-state index contributed by atoms with van der Waals surface area (Å²) in [7, 11) is 0. The van der Waals surface area contributed by atoms with Crippen LogP contribution in [-0.2, 0) is 14.3 Å². The lowest BCUT2D eigenvalue weighted by Gasteiger charge is -2.40. The molecule has 1 aliphatic heterocycles. The molecule has 0 saturated carbocycles. The fourth-order valence-corrected chi connectivity index (χ4v) is 1.93. The molecule has 1 saturated heterocycles. The Kier molecular flexibility index (Phi) is 6.32. The van der Waals surface area contributed by atoms with Crippen molar-refractivity contribution in [2.45, 2.75) is 63.5 Å². The van der Waals surface area contributed by atoms with E-state index in [1.165, 1.54) is 6.19 Å². The molecular formula is C12H20N2O6. The maximum atomic E-state index is 11.2. The van der Waals surface area contributed by atoms with Crippen molar-refractivity contribution in [3.05, 3.63) is 0 Å². The van der Waals surface area contributed by atoms with Gasteiger partial charge in [-0.1, -0.05) is 0 Å². The number of hydrogen-bond donors (Lipinski definition) is 4. The molecule has 0 spiro atoms. The summed E-state index contributed by atoms with van der Waals surface area (Å²) in [5.41, 5.74) is 0. The van der Waals surface area contributed by atoms with Gasteiger partial charge < -0.3 is 24.8 Å². The standard InChI is InChI=1S/C12H20N2O6/c1-6(2)19-12-11(18)10(17)9(16)7(20-12)3-4-8(15)14-5-13/h6-7,9-12,16-18H,3-4H2,1-2H3,(H,14,15)/t7?,9-,10?,11?,12+/m1/s1. The molecule has 0 aromatic rings. The van der Waals surface area contributed by atoms with E-state index in [1.54, 1.807) is 13.8 Å². The van der Waals surface area contributed by atoms with Crippen LogP contribution in [0.25, 0.3) is 0 Å². The first kappa shape index (κ1) is 16.8. The zero-order valence-corrected chi connectivity index (χ0v) is 11.4. The number of nitrogens with zero attached hydrogens (tertiary/aromatic N) is 1. The predicted molar refractivity (Wildman–Crippen MR) is 65.9 cm³/mol. The summed E-state index contributed by atoms with van der Waals surface area (Å²) in [6, 6.07) is 0. The molecular weight excluding hydrogens is 268 g/mol. The molecule has 8 nitrogen and oxygen atoms in total. The number of nitriles is 1. The van der Waals surface area contributed by atoms with E-state index >= 15 is 0 Å². The summed E-state index contributed by atoms with van der Waals surface area (Å²) in [6.45, 7) is 3.48. The van der Waals surface area contributed by atoms with E-state index in [1.807, 2.05) is 5.32 Å². The fourth-order valence-electron chi connectivity index (χ4n) is 1.93. The highest BCUT2D eigenvalue weighted by Crippen LogP contribution is 2.25. The zero-order valence-electron chi connectivity index (χ0n) is 11.4. The molecule has 0 aromatic carbocycles. The quantitative estimate of drug-likeness (QED) is 0.361. The van der Waals surface area contributed by atoms with Crippen LogP contribution in [0, 0.1) is 11.5 Å². The van der Waals surface area contributed by atoms with Gasteiger partial charge in [0.25, 0.3) is 0 Å². The summed E-state index contributed by atoms with van der Waals surface area (Å²) >= 11 is 0. The van der Waals surface area contributed by atoms with E-state index < -0.39 is 36.6 Å². The van der Waals surface area contributed by atoms with Crippen molar-refractivity contribution in [1.29, 1.82) is 5.26 Å². The van der Waals surface area contributed by atoms with E-state index in [0.29, 0.717) is 0 Å². The topological polar surface area (TPSA) is 132 Å². The number of carbonyl (C=O) groups is 1. The minimum atomic E-state index is -1.42. The lowest BCUT2D eigenvalue weighted by atomic mass is 9.96. The van der Waals surface area contributed by atoms with Crippen molar-refractivity contribution < 1.29 is 29.6 Å². The van der Waals surface area contributed by atoms with Gasteiger partial charge in [0.2, 0.25) is 5.91 Å². The molecule has 0 bridgehead atoms. The fraction of sp³-hybridized carbons (Fsp3) is 0.833. The molecule has 0 aromatic heterocycles. The third-order valence-electron chi connectivity index (χ3n) is 2.93. The van der Waals surface area contributed by atoms with Crippen LogP contribution in [0.3, 0.4) is 0 Å². The number of rotatable bonds is 5. The van der Waals surface area contributed by atoms with Gasteiger partial charge in [0.1, 0.15) is 18.3 Å². The Morgan fingerprint density at radius 1 is 1.35 bits per heavy atom. The molecule has 1 fully saturated rings. The summed E-state index contributed by atoms with van der Waals surface area (Å²) in [4.78, 5) is 11.2. The number of ether oxygens (including phenoxy) is 2. The maximum Gasteiger partial charge on any atom is 0.233 e. The van der Waals surface area contributed by atoms with E-state index in [-0.39, 0.29) is 18.9 Å². The molecule has 1 amide bonds. The molecule has 8 heteroatoms. The van der Waals surface area contributed by atoms with Crippen molar-refractivity contribution in [2.75, 3.05) is 0 Å². The number of nitrogens with one attached hydrogen (secondary N) is 1. The second-order valence-corrected chi connectivity index (χ2v) is 4.90. The number of aliphatic hydroxyl groups is 3. The second kappa shape index (κ2) is 7.52. The highest BCUT2D eigenvalue weighted by molar-refractivity contribution is 5.77. The van der Waals surface area contributed by atoms with Crippen LogP contribution in [0.1, 0.15) is 26.7 Å². The normalized spacial score (nSPS) is 33.8. The maximum absolute atomic E-state index is 11.2. The molecule has 0 radical (unpaired) electrons. The second-order valence-electron chi connectivity index (χ2n) is 4.90. The van der Waals surface area contributed by atoms with Gasteiger partial charge in [-0.3, -0.25) is 10.1 Å². The number of carbonyl (C=O) groups excluding carboxylic acids is 1. The Labute approximate surface area is 116 Å². The van der Waals surface area contributed by atoms with Crippen molar-refractivity contribution in [3.63, 3.8) is 0 Å². The SMILES string of the molecule is CC(C)O[C@H]1OC(CCC(=O)NC#N)[C@@H](O)C(O)C1O. The first-order valence-electron chi connectivity index (χ1n) is 6.39. The van der Waals surface area contributed by atoms with Crippen molar-refractivity contribution in [2.24, 2.45) is 0 Å². The van der Waals surface area contributed by atoms with Gasteiger partial charge in [0.15, 0.2) is 12.5 Å². The first-order chi connectivity index (χ1) is 9.36. The van der Waals surface area contributed by atoms with E-state index in [4.69, 9.17) is 14.7 Å². The minimum absolute atomic E-state index is 0.0491. The van der Waals surface area contributed by atoms with Crippen LogP contribution in [-0.4, -0.2) is 58.0 Å². The summed E-state index contributed by atoms with van der Waals surface area (Å²) < 4.78 is 10.7. The Bertz CT molecular complexity index is 369. The van der Waals surface area contributed by atoms with Crippen molar-refractivity contribution in [3.8, 4) is 6.19 Å². The predicted octanol–water partition coefficient (Wildman–Crippen LogP) is -1.40. The highest BCUT2D eigenvalue weighted by atomic mass is 16.7. The third-order valence-corrected chi connectivity index (χ3v) is 2.93. The van der Waals surface area contributed by atoms with Gasteiger partial charge in [-0.05, 0) is 20.3 Å². The number of aliphatic hydroxyl groups excluding tert-OH is 3. The molecule has 1 rings (SSSR count). The largest absolute Gasteiger partial charge is 0.388 e. The van der Waals surface area contributed by atoms with Gasteiger partial charge in [-0.25, -0.2) is 0 Å². The monoisotopic (exact) mass is 288 g/mol. The van der Waals surface area contributed by atoms with Crippen LogP contribution in [0.5, 0.6) is 0 Å². The molecule has 4 N–H and O–H groups in total. The lowest BCUT2D eigenvalue weighted by Crippen LogP contribution is -2.58. The van der Waals surface area contributed by atoms with E-state index in [9.17, 15) is 20.1 Å². The Morgan fingerprint density at radius 2 is 2.00 bits per heavy atom. The van der Waals surface area contributed by atoms with Gasteiger partial charge in [-0.2, -0.15) is 5.26 Å². The third kappa shape index (κ3) is 4.40. The van der Waals surface area contributed by atoms with Crippen molar-refractivity contribution >= 4 is 5.91 Å². The summed E-state index contributed by atoms with van der Waals surface area (Å²) in [5.74, 6) is -0.509. The van der Waals surface area contributed by atoms with E-state index in [0.717, 1.165) is 0 Å². The van der Waals surface area contributed by atoms with Crippen LogP contribution < -0.4 is 5.32 Å². The Hall–Kier alpha value is -1.24. The minimum Gasteiger partial charge on any atom is -0.388 e. The van der Waals surface area contributed by atoms with Gasteiger partial charge in [-0.15, -0.1) is 0 Å². The number of amides is 1. The lowest BCUT2D eigenvalue weighted by molar-refractivity contribution is -0.305. The average molecular weight is 288 g/mol. The Balaban J connectivity index is 2.61. The molecule has 20 heavy (non-hydrogen) atoms. The molecule has 114 valence electrons. The van der Waals surface area contributed by atoms with Crippen molar-refractivity contribution in [1.82, 2.24) is 5.32 Å². The molecule has 1 heterocycles. The van der Waals surface area contributed by atoms with Gasteiger partial charge in [0.05, 0.1) is 12.2 Å². The van der Waals surface area contributed by atoms with E-state index in [2.05, 4.69) is 0 Å². The molecule has 1 aliphatic rings. The van der Waals surface area contributed by atoms with Crippen LogP contribution in [0.4, 0.5) is 0 Å². The van der Waals surface area contributed by atoms with Crippen LogP contribution in [0.2, 0.25) is 0 Å². The molecule has 5 atom stereocenters. The van der Waals surface area contributed by atoms with Crippen LogP contribution >= 0.6 is 0 Å². The van der Waals surface area contributed by atoms with Gasteiger partial charge >= 0.3 is 0 Å².